The Bertz CT molecular complexity index is 769. The molecule has 1 N–H and O–H groups in total. The molecule has 2 atom stereocenters. The van der Waals surface area contributed by atoms with Crippen LogP contribution >= 0.6 is 0 Å². The van der Waals surface area contributed by atoms with Gasteiger partial charge in [-0.3, -0.25) is 4.90 Å². The van der Waals surface area contributed by atoms with Crippen molar-refractivity contribution < 1.29 is 9.50 Å². The van der Waals surface area contributed by atoms with E-state index in [1.165, 1.54) is 17.7 Å². The van der Waals surface area contributed by atoms with Gasteiger partial charge in [-0.2, -0.15) is 5.10 Å². The number of hydrogen-bond donors (Lipinski definition) is 1. The topological polar surface area (TPSA) is 41.3 Å². The summed E-state index contributed by atoms with van der Waals surface area (Å²) in [6.07, 6.45) is 7.23. The van der Waals surface area contributed by atoms with E-state index in [1.54, 1.807) is 23.0 Å². The molecule has 0 amide bonds. The average Bonchev–Trinajstić information content (AvgIpc) is 3.06. The molecule has 2 saturated heterocycles. The fourth-order valence-electron chi connectivity index (χ4n) is 4.57. The summed E-state index contributed by atoms with van der Waals surface area (Å²) in [5.74, 6) is -0.262. The van der Waals surface area contributed by atoms with Crippen molar-refractivity contribution in [3.8, 4) is 0 Å². The number of aromatic nitrogens is 2. The molecule has 3 heterocycles. The van der Waals surface area contributed by atoms with Crippen LogP contribution < -0.4 is 0 Å². The Morgan fingerprint density at radius 2 is 1.92 bits per heavy atom. The zero-order valence-electron chi connectivity index (χ0n) is 14.5. The summed E-state index contributed by atoms with van der Waals surface area (Å²) in [6.45, 7) is 6.70. The molecule has 1 aromatic heterocycles. The first-order chi connectivity index (χ1) is 12.0. The van der Waals surface area contributed by atoms with E-state index in [4.69, 9.17) is 0 Å². The van der Waals surface area contributed by atoms with Crippen molar-refractivity contribution in [2.24, 2.45) is 0 Å². The van der Waals surface area contributed by atoms with Gasteiger partial charge < -0.3 is 5.11 Å². The summed E-state index contributed by atoms with van der Waals surface area (Å²) in [6, 6.07) is 7.02. The predicted octanol–water partition coefficient (Wildman–Crippen LogP) is 3.45. The van der Waals surface area contributed by atoms with Crippen LogP contribution in [-0.4, -0.2) is 31.9 Å². The normalized spacial score (nSPS) is 29.1. The van der Waals surface area contributed by atoms with E-state index in [1.807, 2.05) is 6.20 Å². The van der Waals surface area contributed by atoms with Gasteiger partial charge in [0.15, 0.2) is 0 Å². The lowest BCUT2D eigenvalue weighted by atomic mass is 9.80. The second-order valence-corrected chi connectivity index (χ2v) is 7.39. The molecule has 2 aliphatic rings. The third-order valence-electron chi connectivity index (χ3n) is 5.97. The monoisotopic (exact) mass is 341 g/mol. The van der Waals surface area contributed by atoms with Crippen LogP contribution in [0.1, 0.15) is 42.5 Å². The third kappa shape index (κ3) is 2.81. The summed E-state index contributed by atoms with van der Waals surface area (Å²) in [5.41, 5.74) is 2.31. The fraction of sp³-hybridized carbons (Fsp3) is 0.450. The Balaban J connectivity index is 1.54. The molecule has 0 unspecified atom stereocenters. The van der Waals surface area contributed by atoms with E-state index < -0.39 is 5.60 Å². The molecule has 0 saturated carbocycles. The van der Waals surface area contributed by atoms with Gasteiger partial charge in [-0.05, 0) is 50.3 Å². The molecule has 2 bridgehead atoms. The Morgan fingerprint density at radius 3 is 2.48 bits per heavy atom. The number of piperidine rings is 1. The number of fused-ring (bicyclic) bond motifs is 2. The zero-order valence-corrected chi connectivity index (χ0v) is 14.5. The minimum absolute atomic E-state index is 0.262. The summed E-state index contributed by atoms with van der Waals surface area (Å²) in [7, 11) is 0. The number of aliphatic hydroxyl groups is 1. The molecule has 25 heavy (non-hydrogen) atoms. The first kappa shape index (κ1) is 16.5. The lowest BCUT2D eigenvalue weighted by Gasteiger charge is -2.44. The van der Waals surface area contributed by atoms with Gasteiger partial charge in [-0.25, -0.2) is 9.07 Å². The van der Waals surface area contributed by atoms with Gasteiger partial charge in [-0.1, -0.05) is 18.7 Å². The standard InChI is InChI=1S/C20H24FN3O/c1-3-24-14(2)15(12-22-24)13-23-18-8-9-19(23)11-20(25,10-18)16-4-6-17(21)7-5-16/h3-7,12,18-19,25H,1,8-11,13H2,2H3/t18-,19-/m0/s1. The minimum Gasteiger partial charge on any atom is -0.385 e. The third-order valence-corrected chi connectivity index (χ3v) is 5.97. The van der Waals surface area contributed by atoms with E-state index in [0.717, 1.165) is 30.6 Å². The van der Waals surface area contributed by atoms with Crippen LogP contribution in [0.4, 0.5) is 4.39 Å². The average molecular weight is 341 g/mol. The van der Waals surface area contributed by atoms with Crippen molar-refractivity contribution in [3.63, 3.8) is 0 Å². The Kier molecular flexibility index (Phi) is 4.01. The van der Waals surface area contributed by atoms with Crippen molar-refractivity contribution in [1.82, 2.24) is 14.7 Å². The van der Waals surface area contributed by atoms with Gasteiger partial charge >= 0.3 is 0 Å². The molecule has 5 heteroatoms. The van der Waals surface area contributed by atoms with Crippen LogP contribution in [-0.2, 0) is 12.1 Å². The van der Waals surface area contributed by atoms with Crippen LogP contribution in [0.2, 0.25) is 0 Å². The van der Waals surface area contributed by atoms with E-state index in [-0.39, 0.29) is 5.82 Å². The first-order valence-electron chi connectivity index (χ1n) is 8.90. The highest BCUT2D eigenvalue weighted by Crippen LogP contribution is 2.46. The van der Waals surface area contributed by atoms with Crippen molar-refractivity contribution in [2.45, 2.75) is 56.8 Å². The molecule has 1 aromatic carbocycles. The molecule has 0 radical (unpaired) electrons. The van der Waals surface area contributed by atoms with Crippen LogP contribution in [0.25, 0.3) is 6.20 Å². The number of rotatable bonds is 4. The van der Waals surface area contributed by atoms with Gasteiger partial charge in [0.05, 0.1) is 11.8 Å². The molecule has 0 aliphatic carbocycles. The highest BCUT2D eigenvalue weighted by Gasteiger charge is 2.48. The SMILES string of the molecule is C=Cn1ncc(CN2[C@H]3CC[C@H]2CC(O)(c2ccc(F)cc2)C3)c1C. The molecule has 4 rings (SSSR count). The highest BCUT2D eigenvalue weighted by molar-refractivity contribution is 5.28. The molecule has 2 aliphatic heterocycles. The fourth-order valence-corrected chi connectivity index (χ4v) is 4.57. The zero-order chi connectivity index (χ0) is 17.6. The van der Waals surface area contributed by atoms with E-state index in [9.17, 15) is 9.50 Å². The molecule has 4 nitrogen and oxygen atoms in total. The van der Waals surface area contributed by atoms with Gasteiger partial charge in [0, 0.05) is 36.1 Å². The maximum Gasteiger partial charge on any atom is 0.123 e. The number of hydrogen-bond acceptors (Lipinski definition) is 3. The van der Waals surface area contributed by atoms with Crippen molar-refractivity contribution in [3.05, 3.63) is 59.7 Å². The van der Waals surface area contributed by atoms with E-state index in [0.29, 0.717) is 24.9 Å². The smallest absolute Gasteiger partial charge is 0.123 e. The van der Waals surface area contributed by atoms with Crippen LogP contribution in [0.15, 0.2) is 37.0 Å². The van der Waals surface area contributed by atoms with Gasteiger partial charge in [-0.15, -0.1) is 0 Å². The number of nitrogens with zero attached hydrogens (tertiary/aromatic N) is 3. The van der Waals surface area contributed by atoms with Gasteiger partial charge in [0.2, 0.25) is 0 Å². The molecule has 2 fully saturated rings. The quantitative estimate of drug-likeness (QED) is 0.926. The predicted molar refractivity (Wildman–Crippen MR) is 95.2 cm³/mol. The number of benzene rings is 1. The second-order valence-electron chi connectivity index (χ2n) is 7.39. The Hall–Kier alpha value is -1.98. The van der Waals surface area contributed by atoms with Crippen LogP contribution in [0.3, 0.4) is 0 Å². The highest BCUT2D eigenvalue weighted by atomic mass is 19.1. The maximum atomic E-state index is 13.2. The van der Waals surface area contributed by atoms with Crippen molar-refractivity contribution >= 4 is 6.20 Å². The van der Waals surface area contributed by atoms with Gasteiger partial charge in [0.25, 0.3) is 0 Å². The van der Waals surface area contributed by atoms with Crippen molar-refractivity contribution in [1.29, 1.82) is 0 Å². The maximum absolute atomic E-state index is 13.2. The molecule has 132 valence electrons. The largest absolute Gasteiger partial charge is 0.385 e. The lowest BCUT2D eigenvalue weighted by Crippen LogP contribution is -2.49. The lowest BCUT2D eigenvalue weighted by molar-refractivity contribution is -0.0595. The molecular formula is C20H24FN3O. The Morgan fingerprint density at radius 1 is 1.28 bits per heavy atom. The molecule has 2 aromatic rings. The summed E-state index contributed by atoms with van der Waals surface area (Å²) < 4.78 is 15.0. The molecular weight excluding hydrogens is 317 g/mol. The minimum atomic E-state index is -0.851. The Labute approximate surface area is 147 Å². The summed E-state index contributed by atoms with van der Waals surface area (Å²) in [5, 5.41) is 15.6. The second kappa shape index (κ2) is 6.07. The first-order valence-corrected chi connectivity index (χ1v) is 8.90. The van der Waals surface area contributed by atoms with Crippen LogP contribution in [0.5, 0.6) is 0 Å². The van der Waals surface area contributed by atoms with E-state index in [2.05, 4.69) is 23.5 Å². The van der Waals surface area contributed by atoms with E-state index >= 15 is 0 Å². The number of halogens is 1. The summed E-state index contributed by atoms with van der Waals surface area (Å²) in [4.78, 5) is 2.51. The molecule has 0 spiro atoms. The van der Waals surface area contributed by atoms with Gasteiger partial charge in [0.1, 0.15) is 5.82 Å². The van der Waals surface area contributed by atoms with Crippen LogP contribution in [0, 0.1) is 12.7 Å². The summed E-state index contributed by atoms with van der Waals surface area (Å²) >= 11 is 0. The van der Waals surface area contributed by atoms with Crippen molar-refractivity contribution in [2.75, 3.05) is 0 Å².